The van der Waals surface area contributed by atoms with Crippen LogP contribution in [-0.4, -0.2) is 23.9 Å². The monoisotopic (exact) mass is 260 g/mol. The van der Waals surface area contributed by atoms with Gasteiger partial charge >= 0.3 is 0 Å². The highest BCUT2D eigenvalue weighted by molar-refractivity contribution is 5.99. The van der Waals surface area contributed by atoms with Crippen molar-refractivity contribution in [2.75, 3.05) is 12.8 Å². The van der Waals surface area contributed by atoms with E-state index in [1.54, 1.807) is 0 Å². The summed E-state index contributed by atoms with van der Waals surface area (Å²) in [5, 5.41) is 0. The molecule has 2 atom stereocenters. The zero-order valence-electron chi connectivity index (χ0n) is 12.1. The Morgan fingerprint density at radius 1 is 1.37 bits per heavy atom. The third-order valence-corrected chi connectivity index (χ3v) is 4.22. The molecule has 0 radical (unpaired) electrons. The number of anilines is 1. The van der Waals surface area contributed by atoms with E-state index in [-0.39, 0.29) is 5.91 Å². The van der Waals surface area contributed by atoms with Gasteiger partial charge in [0, 0.05) is 18.8 Å². The van der Waals surface area contributed by atoms with Crippen LogP contribution < -0.4 is 5.73 Å². The number of nitrogens with two attached hydrogens (primary N) is 1. The van der Waals surface area contributed by atoms with Gasteiger partial charge in [-0.05, 0) is 37.8 Å². The molecular weight excluding hydrogens is 236 g/mol. The molecule has 1 aliphatic rings. The number of carbonyl (C=O) groups is 1. The van der Waals surface area contributed by atoms with E-state index in [2.05, 4.69) is 6.92 Å². The topological polar surface area (TPSA) is 46.3 Å². The fourth-order valence-corrected chi connectivity index (χ4v) is 2.97. The van der Waals surface area contributed by atoms with Crippen LogP contribution in [0.3, 0.4) is 0 Å². The van der Waals surface area contributed by atoms with Crippen LogP contribution in [0.1, 0.15) is 48.5 Å². The van der Waals surface area contributed by atoms with Crippen LogP contribution in [0, 0.1) is 12.8 Å². The second kappa shape index (κ2) is 5.64. The molecule has 0 heterocycles. The van der Waals surface area contributed by atoms with Crippen LogP contribution in [-0.2, 0) is 0 Å². The summed E-state index contributed by atoms with van der Waals surface area (Å²) in [6.07, 6.45) is 4.71. The second-order valence-corrected chi connectivity index (χ2v) is 5.93. The van der Waals surface area contributed by atoms with Crippen LogP contribution in [0.4, 0.5) is 5.69 Å². The number of carbonyl (C=O) groups excluding carboxylic acids is 1. The summed E-state index contributed by atoms with van der Waals surface area (Å²) in [6.45, 7) is 4.25. The van der Waals surface area contributed by atoms with E-state index in [1.165, 1.54) is 12.8 Å². The average molecular weight is 260 g/mol. The van der Waals surface area contributed by atoms with E-state index >= 15 is 0 Å². The van der Waals surface area contributed by atoms with Gasteiger partial charge in [-0.15, -0.1) is 0 Å². The molecule has 2 N–H and O–H groups in total. The molecule has 1 aliphatic carbocycles. The highest BCUT2D eigenvalue weighted by Gasteiger charge is 2.26. The Kier molecular flexibility index (Phi) is 4.13. The molecule has 2 unspecified atom stereocenters. The van der Waals surface area contributed by atoms with Gasteiger partial charge in [0.1, 0.15) is 0 Å². The minimum Gasteiger partial charge on any atom is -0.398 e. The molecule has 3 nitrogen and oxygen atoms in total. The van der Waals surface area contributed by atoms with Gasteiger partial charge in [-0.2, -0.15) is 0 Å². The molecule has 1 fully saturated rings. The Morgan fingerprint density at radius 3 is 2.79 bits per heavy atom. The molecule has 1 amide bonds. The number of benzene rings is 1. The third kappa shape index (κ3) is 3.09. The molecule has 0 bridgehead atoms. The summed E-state index contributed by atoms with van der Waals surface area (Å²) in [5.74, 6) is 0.768. The molecule has 3 heteroatoms. The predicted octanol–water partition coefficient (Wildman–Crippen LogP) is 3.23. The summed E-state index contributed by atoms with van der Waals surface area (Å²) in [4.78, 5) is 14.5. The van der Waals surface area contributed by atoms with E-state index in [0.29, 0.717) is 23.2 Å². The van der Waals surface area contributed by atoms with Crippen LogP contribution in [0.25, 0.3) is 0 Å². The summed E-state index contributed by atoms with van der Waals surface area (Å²) in [7, 11) is 1.91. The Hall–Kier alpha value is -1.51. The van der Waals surface area contributed by atoms with Crippen molar-refractivity contribution in [1.29, 1.82) is 0 Å². The lowest BCUT2D eigenvalue weighted by atomic mass is 9.86. The zero-order chi connectivity index (χ0) is 14.0. The quantitative estimate of drug-likeness (QED) is 0.830. The Labute approximate surface area is 115 Å². The minimum atomic E-state index is 0.0558. The predicted molar refractivity (Wildman–Crippen MR) is 79.1 cm³/mol. The number of hydrogen-bond donors (Lipinski definition) is 1. The number of amides is 1. The normalized spacial score (nSPS) is 23.1. The van der Waals surface area contributed by atoms with E-state index in [1.807, 2.05) is 37.1 Å². The summed E-state index contributed by atoms with van der Waals surface area (Å²) in [6, 6.07) is 6.01. The van der Waals surface area contributed by atoms with Crippen molar-refractivity contribution in [3.05, 3.63) is 29.3 Å². The van der Waals surface area contributed by atoms with Crippen LogP contribution in [0.5, 0.6) is 0 Å². The van der Waals surface area contributed by atoms with Gasteiger partial charge in [0.05, 0.1) is 5.56 Å². The van der Waals surface area contributed by atoms with E-state index in [9.17, 15) is 4.79 Å². The maximum Gasteiger partial charge on any atom is 0.255 e. The highest BCUT2D eigenvalue weighted by Crippen LogP contribution is 2.28. The fraction of sp³-hybridized carbons (Fsp3) is 0.562. The lowest BCUT2D eigenvalue weighted by molar-refractivity contribution is 0.0673. The Bertz CT molecular complexity index is 470. The number of aryl methyl sites for hydroxylation is 1. The first-order chi connectivity index (χ1) is 8.99. The molecule has 0 spiro atoms. The zero-order valence-corrected chi connectivity index (χ0v) is 12.1. The third-order valence-electron chi connectivity index (χ3n) is 4.22. The van der Waals surface area contributed by atoms with Gasteiger partial charge < -0.3 is 10.6 Å². The van der Waals surface area contributed by atoms with Gasteiger partial charge in [-0.25, -0.2) is 0 Å². The molecule has 2 rings (SSSR count). The molecule has 1 saturated carbocycles. The second-order valence-electron chi connectivity index (χ2n) is 5.93. The molecule has 104 valence electrons. The molecule has 1 aromatic carbocycles. The van der Waals surface area contributed by atoms with Gasteiger partial charge in [0.2, 0.25) is 0 Å². The fourth-order valence-electron chi connectivity index (χ4n) is 2.97. The first-order valence-corrected chi connectivity index (χ1v) is 7.12. The van der Waals surface area contributed by atoms with E-state index in [0.717, 1.165) is 18.4 Å². The molecular formula is C16H24N2O. The van der Waals surface area contributed by atoms with Gasteiger partial charge in [0.15, 0.2) is 0 Å². The maximum absolute atomic E-state index is 12.6. The number of rotatable bonds is 2. The molecule has 0 aromatic heterocycles. The van der Waals surface area contributed by atoms with Crippen molar-refractivity contribution < 1.29 is 4.79 Å². The molecule has 1 aromatic rings. The molecule has 0 aliphatic heterocycles. The van der Waals surface area contributed by atoms with Crippen molar-refractivity contribution >= 4 is 11.6 Å². The van der Waals surface area contributed by atoms with Crippen molar-refractivity contribution in [3.63, 3.8) is 0 Å². The average Bonchev–Trinajstić information content (AvgIpc) is 2.40. The smallest absolute Gasteiger partial charge is 0.255 e. The van der Waals surface area contributed by atoms with E-state index < -0.39 is 0 Å². The van der Waals surface area contributed by atoms with Crippen molar-refractivity contribution in [2.45, 2.75) is 45.6 Å². The van der Waals surface area contributed by atoms with Gasteiger partial charge in [-0.3, -0.25) is 4.79 Å². The maximum atomic E-state index is 12.6. The number of nitrogen functional groups attached to an aromatic ring is 1. The van der Waals surface area contributed by atoms with Crippen molar-refractivity contribution in [2.24, 2.45) is 5.92 Å². The molecule has 19 heavy (non-hydrogen) atoms. The number of nitrogens with zero attached hydrogens (tertiary/aromatic N) is 1. The number of hydrogen-bond acceptors (Lipinski definition) is 2. The summed E-state index contributed by atoms with van der Waals surface area (Å²) < 4.78 is 0. The lowest BCUT2D eigenvalue weighted by Crippen LogP contribution is -2.40. The van der Waals surface area contributed by atoms with Gasteiger partial charge in [-0.1, -0.05) is 31.4 Å². The van der Waals surface area contributed by atoms with Crippen molar-refractivity contribution in [3.8, 4) is 0 Å². The highest BCUT2D eigenvalue weighted by atomic mass is 16.2. The summed E-state index contributed by atoms with van der Waals surface area (Å²) in [5.41, 5.74) is 8.22. The first kappa shape index (κ1) is 13.9. The van der Waals surface area contributed by atoms with Crippen molar-refractivity contribution in [1.82, 2.24) is 4.90 Å². The first-order valence-electron chi connectivity index (χ1n) is 7.12. The SMILES string of the molecule is Cc1ccc(N)c(C(=O)N(C)C2CCCC(C)C2)c1. The standard InChI is InChI=1S/C16H24N2O/c1-11-5-4-6-13(9-11)18(3)16(19)14-10-12(2)7-8-15(14)17/h7-8,10-11,13H,4-6,9,17H2,1-3H3. The van der Waals surface area contributed by atoms with Crippen LogP contribution in [0.15, 0.2) is 18.2 Å². The van der Waals surface area contributed by atoms with E-state index in [4.69, 9.17) is 5.73 Å². The summed E-state index contributed by atoms with van der Waals surface area (Å²) >= 11 is 0. The Balaban J connectivity index is 2.16. The molecule has 0 saturated heterocycles. The largest absolute Gasteiger partial charge is 0.398 e. The van der Waals surface area contributed by atoms with Crippen LogP contribution in [0.2, 0.25) is 0 Å². The van der Waals surface area contributed by atoms with Crippen LogP contribution >= 0.6 is 0 Å². The minimum absolute atomic E-state index is 0.0558. The van der Waals surface area contributed by atoms with Gasteiger partial charge in [0.25, 0.3) is 5.91 Å². The lowest BCUT2D eigenvalue weighted by Gasteiger charge is -2.34. The Morgan fingerprint density at radius 2 is 2.11 bits per heavy atom.